The lowest BCUT2D eigenvalue weighted by Gasteiger charge is -2.20. The van der Waals surface area contributed by atoms with Gasteiger partial charge in [0.2, 0.25) is 0 Å². The minimum Gasteiger partial charge on any atom is -0.509 e. The number of anilines is 2. The van der Waals surface area contributed by atoms with Crippen LogP contribution in [0.4, 0.5) is 11.4 Å². The smallest absolute Gasteiger partial charge is 0.303 e. The van der Waals surface area contributed by atoms with Gasteiger partial charge in [-0.3, -0.25) is 14.4 Å². The highest BCUT2D eigenvalue weighted by Gasteiger charge is 2.36. The first kappa shape index (κ1) is 28.4. The van der Waals surface area contributed by atoms with E-state index in [0.29, 0.717) is 30.2 Å². The molecule has 4 rings (SSSR count). The number of amides is 2. The molecule has 1 aliphatic rings. The minimum absolute atomic E-state index is 0.0764. The molecule has 40 heavy (non-hydrogen) atoms. The summed E-state index contributed by atoms with van der Waals surface area (Å²) in [6.07, 6.45) is 4.61. The average Bonchev–Trinajstić information content (AvgIpc) is 3.25. The van der Waals surface area contributed by atoms with Gasteiger partial charge in [-0.1, -0.05) is 61.7 Å². The van der Waals surface area contributed by atoms with Gasteiger partial charge in [-0.25, -0.2) is 0 Å². The maximum absolute atomic E-state index is 13.3. The van der Waals surface area contributed by atoms with E-state index in [1.807, 2.05) is 55.5 Å². The fraction of sp³-hybridized carbons (Fsp3) is 0.281. The number of rotatable bonds is 13. The number of nitrogens with one attached hydrogen (secondary N) is 1. The number of unbranched alkanes of at least 4 members (excludes halogenated alkanes) is 4. The van der Waals surface area contributed by atoms with Gasteiger partial charge in [0.25, 0.3) is 11.8 Å². The van der Waals surface area contributed by atoms with Crippen LogP contribution in [0.5, 0.6) is 5.75 Å². The maximum atomic E-state index is 13.3. The second-order valence-electron chi connectivity index (χ2n) is 9.82. The van der Waals surface area contributed by atoms with Gasteiger partial charge in [0.15, 0.2) is 0 Å². The number of nitrogens with zero attached hydrogens (tertiary/aromatic N) is 1. The summed E-state index contributed by atoms with van der Waals surface area (Å²) in [7, 11) is 0. The van der Waals surface area contributed by atoms with Crippen molar-refractivity contribution < 1.29 is 29.3 Å². The van der Waals surface area contributed by atoms with Crippen LogP contribution in [0.2, 0.25) is 0 Å². The van der Waals surface area contributed by atoms with Crippen LogP contribution < -0.4 is 15.0 Å². The van der Waals surface area contributed by atoms with Gasteiger partial charge < -0.3 is 25.2 Å². The molecule has 2 amide bonds. The number of carboxylic acid groups (broad SMARTS) is 1. The molecule has 1 aliphatic heterocycles. The van der Waals surface area contributed by atoms with Gasteiger partial charge in [-0.2, -0.15) is 0 Å². The summed E-state index contributed by atoms with van der Waals surface area (Å²) in [4.78, 5) is 38.2. The molecule has 1 heterocycles. The molecule has 0 spiro atoms. The summed E-state index contributed by atoms with van der Waals surface area (Å²) < 4.78 is 5.74. The predicted octanol–water partition coefficient (Wildman–Crippen LogP) is 6.26. The van der Waals surface area contributed by atoms with Crippen LogP contribution >= 0.6 is 0 Å². The number of hydrogen-bond acceptors (Lipinski definition) is 5. The molecule has 0 saturated heterocycles. The van der Waals surface area contributed by atoms with E-state index in [0.717, 1.165) is 42.4 Å². The summed E-state index contributed by atoms with van der Waals surface area (Å²) in [5, 5.41) is 21.9. The number of carbonyl (C=O) groups is 3. The van der Waals surface area contributed by atoms with Crippen molar-refractivity contribution in [3.05, 3.63) is 89.7 Å². The summed E-state index contributed by atoms with van der Waals surface area (Å²) in [5.74, 6) is -1.59. The Hall–Kier alpha value is -4.59. The molecule has 3 aromatic rings. The van der Waals surface area contributed by atoms with Crippen LogP contribution in [0.15, 0.2) is 84.1 Å². The Kier molecular flexibility index (Phi) is 9.57. The Labute approximate surface area is 233 Å². The van der Waals surface area contributed by atoms with E-state index in [4.69, 9.17) is 9.84 Å². The lowest BCUT2D eigenvalue weighted by molar-refractivity contribution is -0.137. The summed E-state index contributed by atoms with van der Waals surface area (Å²) in [6, 6.07) is 22.4. The molecule has 3 N–H and O–H groups in total. The van der Waals surface area contributed by atoms with Crippen LogP contribution in [0.3, 0.4) is 0 Å². The summed E-state index contributed by atoms with van der Waals surface area (Å²) in [6.45, 7) is 2.35. The van der Waals surface area contributed by atoms with E-state index in [2.05, 4.69) is 5.32 Å². The van der Waals surface area contributed by atoms with Crippen LogP contribution in [-0.2, 0) is 14.4 Å². The van der Waals surface area contributed by atoms with Gasteiger partial charge in [0.1, 0.15) is 17.1 Å². The number of hydrogen-bond donors (Lipinski definition) is 3. The highest BCUT2D eigenvalue weighted by molar-refractivity contribution is 6.29. The zero-order valence-electron chi connectivity index (χ0n) is 22.6. The first-order valence-electron chi connectivity index (χ1n) is 13.5. The molecule has 0 saturated carbocycles. The molecule has 8 nitrogen and oxygen atoms in total. The fourth-order valence-electron chi connectivity index (χ4n) is 4.62. The molecule has 0 radical (unpaired) electrons. The lowest BCUT2D eigenvalue weighted by atomic mass is 10.0. The molecule has 8 heteroatoms. The largest absolute Gasteiger partial charge is 0.509 e. The van der Waals surface area contributed by atoms with Crippen molar-refractivity contribution in [3.63, 3.8) is 0 Å². The highest BCUT2D eigenvalue weighted by Crippen LogP contribution is 2.32. The van der Waals surface area contributed by atoms with Crippen LogP contribution in [-0.4, -0.2) is 41.1 Å². The second-order valence-corrected chi connectivity index (χ2v) is 9.82. The minimum atomic E-state index is -0.756. The molecule has 3 aromatic carbocycles. The monoisotopic (exact) mass is 542 g/mol. The molecule has 0 fully saturated rings. The number of ether oxygens (including phenoxy) is 1. The Morgan fingerprint density at radius 1 is 0.900 bits per heavy atom. The molecular formula is C32H34N2O6. The number of aliphatic hydroxyl groups is 1. The molecule has 0 aliphatic carbocycles. The van der Waals surface area contributed by atoms with Crippen molar-refractivity contribution in [2.75, 3.05) is 23.4 Å². The Morgan fingerprint density at radius 2 is 1.60 bits per heavy atom. The van der Waals surface area contributed by atoms with E-state index in [-0.39, 0.29) is 24.3 Å². The zero-order valence-corrected chi connectivity index (χ0v) is 22.6. The van der Waals surface area contributed by atoms with Gasteiger partial charge in [0, 0.05) is 17.8 Å². The summed E-state index contributed by atoms with van der Waals surface area (Å²) >= 11 is 0. The van der Waals surface area contributed by atoms with Crippen molar-refractivity contribution in [3.8, 4) is 16.9 Å². The standard InChI is InChI=1S/C32H34N2O6/c1-22-13-14-24(23-10-6-5-7-11-23)20-27(22)34-21-28(35)30(32(34)39)31(38)33-25-15-17-26(18-16-25)40-19-9-4-2-3-8-12-29(36)37/h5-7,10-11,13-18,20,35H,2-4,8-9,12,19,21H2,1H3,(H,33,38)(H,36,37). The third-order valence-electron chi connectivity index (χ3n) is 6.81. The highest BCUT2D eigenvalue weighted by atomic mass is 16.5. The Bertz CT molecular complexity index is 1380. The SMILES string of the molecule is Cc1ccc(-c2ccccc2)cc1N1CC(O)=C(C(=O)Nc2ccc(OCCCCCCCC(=O)O)cc2)C1=O. The number of carbonyl (C=O) groups excluding carboxylic acids is 2. The molecule has 0 atom stereocenters. The number of aliphatic carboxylic acids is 1. The molecular weight excluding hydrogens is 508 g/mol. The first-order valence-corrected chi connectivity index (χ1v) is 13.5. The second kappa shape index (κ2) is 13.5. The topological polar surface area (TPSA) is 116 Å². The van der Waals surface area contributed by atoms with E-state index in [1.165, 1.54) is 4.90 Å². The molecule has 0 unspecified atom stereocenters. The van der Waals surface area contributed by atoms with Crippen molar-refractivity contribution in [1.29, 1.82) is 0 Å². The Morgan fingerprint density at radius 3 is 2.33 bits per heavy atom. The van der Waals surface area contributed by atoms with E-state index in [1.54, 1.807) is 24.3 Å². The van der Waals surface area contributed by atoms with Gasteiger partial charge in [-0.15, -0.1) is 0 Å². The van der Waals surface area contributed by atoms with Crippen molar-refractivity contribution in [2.24, 2.45) is 0 Å². The van der Waals surface area contributed by atoms with Gasteiger partial charge in [0.05, 0.1) is 13.2 Å². The number of aliphatic hydroxyl groups excluding tert-OH is 1. The molecule has 0 aromatic heterocycles. The number of carboxylic acids is 1. The third kappa shape index (κ3) is 7.28. The number of aryl methyl sites for hydroxylation is 1. The molecule has 0 bridgehead atoms. The normalized spacial score (nSPS) is 13.0. The molecule has 208 valence electrons. The van der Waals surface area contributed by atoms with E-state index >= 15 is 0 Å². The van der Waals surface area contributed by atoms with Crippen molar-refractivity contribution in [2.45, 2.75) is 45.4 Å². The summed E-state index contributed by atoms with van der Waals surface area (Å²) in [5.41, 5.74) is 3.65. The van der Waals surface area contributed by atoms with Crippen LogP contribution in [0.1, 0.15) is 44.1 Å². The van der Waals surface area contributed by atoms with Crippen molar-refractivity contribution in [1.82, 2.24) is 0 Å². The van der Waals surface area contributed by atoms with Crippen LogP contribution in [0.25, 0.3) is 11.1 Å². The Balaban J connectivity index is 1.30. The zero-order chi connectivity index (χ0) is 28.5. The fourth-order valence-corrected chi connectivity index (χ4v) is 4.62. The average molecular weight is 543 g/mol. The van der Waals surface area contributed by atoms with E-state index < -0.39 is 17.8 Å². The van der Waals surface area contributed by atoms with Crippen LogP contribution in [0, 0.1) is 6.92 Å². The third-order valence-corrected chi connectivity index (χ3v) is 6.81. The lowest BCUT2D eigenvalue weighted by Crippen LogP contribution is -2.30. The van der Waals surface area contributed by atoms with Gasteiger partial charge in [-0.05, 0) is 66.8 Å². The predicted molar refractivity (Wildman–Crippen MR) is 155 cm³/mol. The number of benzene rings is 3. The van der Waals surface area contributed by atoms with Crippen molar-refractivity contribution >= 4 is 29.2 Å². The maximum Gasteiger partial charge on any atom is 0.303 e. The van der Waals surface area contributed by atoms with E-state index in [9.17, 15) is 19.5 Å². The first-order chi connectivity index (χ1) is 19.3. The van der Waals surface area contributed by atoms with Gasteiger partial charge >= 0.3 is 5.97 Å². The quantitative estimate of drug-likeness (QED) is 0.173.